The monoisotopic (exact) mass is 350 g/mol. The van der Waals surface area contributed by atoms with Gasteiger partial charge in [-0.05, 0) is 12.8 Å². The summed E-state index contributed by atoms with van der Waals surface area (Å²) < 4.78 is 21.6. The fraction of sp³-hybridized carbons (Fsp3) is 0.750. The summed E-state index contributed by atoms with van der Waals surface area (Å²) in [5.74, 6) is -1.79. The van der Waals surface area contributed by atoms with Gasteiger partial charge in [-0.15, -0.1) is 0 Å². The standard InChI is InChI=1S/C12H27N6O4P/c1-8(2)12(3,9(19)20)17-23(21,7-22-6)16-10(13)15-11(14)18(4)5/h8H,7H2,1-6H3,(H,19,20)(H5,13,14,15,16,17,21). The van der Waals surface area contributed by atoms with Gasteiger partial charge in [0.05, 0.1) is 0 Å². The second kappa shape index (κ2) is 8.28. The highest BCUT2D eigenvalue weighted by molar-refractivity contribution is 7.60. The van der Waals surface area contributed by atoms with Crippen LogP contribution in [-0.4, -0.2) is 61.0 Å². The molecule has 0 bridgehead atoms. The Bertz CT molecular complexity index is 534. The molecule has 0 saturated heterocycles. The van der Waals surface area contributed by atoms with Gasteiger partial charge in [0.25, 0.3) is 7.44 Å². The zero-order valence-corrected chi connectivity index (χ0v) is 15.3. The zero-order chi connectivity index (χ0) is 18.4. The van der Waals surface area contributed by atoms with E-state index in [-0.39, 0.29) is 24.2 Å². The predicted octanol–water partition coefficient (Wildman–Crippen LogP) is 0.0633. The van der Waals surface area contributed by atoms with E-state index in [9.17, 15) is 14.5 Å². The highest BCUT2D eigenvalue weighted by atomic mass is 31.2. The molecule has 0 spiro atoms. The number of aliphatic imine (C=N–C) groups is 1. The maximum atomic E-state index is 12.9. The number of nitrogens with zero attached hydrogens (tertiary/aromatic N) is 3. The summed E-state index contributed by atoms with van der Waals surface area (Å²) in [7, 11) is 0.966. The lowest BCUT2D eigenvalue weighted by Crippen LogP contribution is -2.52. The summed E-state index contributed by atoms with van der Waals surface area (Å²) in [5.41, 5.74) is 9.78. The fourth-order valence-electron chi connectivity index (χ4n) is 1.45. The highest BCUT2D eigenvalue weighted by Gasteiger charge is 2.42. The molecule has 0 fully saturated rings. The van der Waals surface area contributed by atoms with Crippen molar-refractivity contribution in [1.82, 2.24) is 9.99 Å². The van der Waals surface area contributed by atoms with E-state index < -0.39 is 19.0 Å². The molecule has 0 aromatic carbocycles. The Morgan fingerprint density at radius 2 is 1.96 bits per heavy atom. The third-order valence-corrected chi connectivity index (χ3v) is 5.21. The van der Waals surface area contributed by atoms with Gasteiger partial charge < -0.3 is 26.2 Å². The number of rotatable bonds is 7. The van der Waals surface area contributed by atoms with Crippen LogP contribution in [0.3, 0.4) is 0 Å². The topological polar surface area (TPSA) is 156 Å². The van der Waals surface area contributed by atoms with Crippen molar-refractivity contribution >= 4 is 25.3 Å². The molecule has 6 N–H and O–H groups in total. The molecule has 10 nitrogen and oxygen atoms in total. The van der Waals surface area contributed by atoms with Crippen molar-refractivity contribution < 1.29 is 19.2 Å². The van der Waals surface area contributed by atoms with Crippen molar-refractivity contribution in [3.8, 4) is 0 Å². The number of carboxylic acids is 1. The summed E-state index contributed by atoms with van der Waals surface area (Å²) in [6.45, 7) is 4.80. The summed E-state index contributed by atoms with van der Waals surface area (Å²) in [4.78, 5) is 16.8. The first-order valence-electron chi connectivity index (χ1n) is 6.86. The quantitative estimate of drug-likeness (QED) is 0.285. The van der Waals surface area contributed by atoms with Crippen molar-refractivity contribution in [2.24, 2.45) is 27.1 Å². The number of ether oxygens (including phenoxy) is 1. The van der Waals surface area contributed by atoms with Crippen molar-refractivity contribution in [2.45, 2.75) is 26.3 Å². The smallest absolute Gasteiger partial charge is 0.324 e. The van der Waals surface area contributed by atoms with Crippen LogP contribution in [0, 0.1) is 5.92 Å². The molecule has 0 aliphatic carbocycles. The summed E-state index contributed by atoms with van der Waals surface area (Å²) >= 11 is 0. The second-order valence-electron chi connectivity index (χ2n) is 5.72. The van der Waals surface area contributed by atoms with Gasteiger partial charge in [0.1, 0.15) is 11.9 Å². The van der Waals surface area contributed by atoms with Crippen molar-refractivity contribution in [1.29, 1.82) is 0 Å². The number of aliphatic carboxylic acids is 1. The molecule has 0 aromatic heterocycles. The number of methoxy groups -OCH3 is 1. The summed E-state index contributed by atoms with van der Waals surface area (Å²) in [6, 6.07) is 0. The SMILES string of the molecule is COCP(=O)(N=C(N)N=C(N)N(C)C)NC(C)(C(=O)O)C(C)C. The number of carbonyl (C=O) groups is 1. The van der Waals surface area contributed by atoms with Crippen LogP contribution < -0.4 is 16.6 Å². The Morgan fingerprint density at radius 3 is 2.30 bits per heavy atom. The number of nitrogens with one attached hydrogen (secondary N) is 1. The molecular formula is C12H27N6O4P. The van der Waals surface area contributed by atoms with Crippen molar-refractivity contribution in [2.75, 3.05) is 27.6 Å². The Morgan fingerprint density at radius 1 is 1.43 bits per heavy atom. The molecule has 134 valence electrons. The highest BCUT2D eigenvalue weighted by Crippen LogP contribution is 2.46. The van der Waals surface area contributed by atoms with E-state index in [0.29, 0.717) is 0 Å². The maximum Gasteiger partial charge on any atom is 0.324 e. The summed E-state index contributed by atoms with van der Waals surface area (Å²) in [6.07, 6.45) is -0.333. The van der Waals surface area contributed by atoms with E-state index in [4.69, 9.17) is 16.2 Å². The van der Waals surface area contributed by atoms with Gasteiger partial charge in [-0.3, -0.25) is 9.36 Å². The van der Waals surface area contributed by atoms with E-state index in [1.165, 1.54) is 18.9 Å². The minimum Gasteiger partial charge on any atom is -0.480 e. The first-order valence-corrected chi connectivity index (χ1v) is 8.70. The molecular weight excluding hydrogens is 323 g/mol. The van der Waals surface area contributed by atoms with Gasteiger partial charge in [0.15, 0.2) is 5.96 Å². The van der Waals surface area contributed by atoms with Gasteiger partial charge in [-0.25, -0.2) is 5.09 Å². The first kappa shape index (κ1) is 21.4. The van der Waals surface area contributed by atoms with E-state index >= 15 is 0 Å². The zero-order valence-electron chi connectivity index (χ0n) is 14.4. The van der Waals surface area contributed by atoms with E-state index in [1.807, 2.05) is 0 Å². The van der Waals surface area contributed by atoms with E-state index in [1.54, 1.807) is 27.9 Å². The van der Waals surface area contributed by atoms with Crippen LogP contribution in [0.1, 0.15) is 20.8 Å². The van der Waals surface area contributed by atoms with Gasteiger partial charge in [0.2, 0.25) is 5.96 Å². The number of carboxylic acid groups (broad SMARTS) is 1. The van der Waals surface area contributed by atoms with Gasteiger partial charge in [-0.2, -0.15) is 9.76 Å². The lowest BCUT2D eigenvalue weighted by Gasteiger charge is -2.32. The molecule has 2 atom stereocenters. The number of hydrogen-bond donors (Lipinski definition) is 4. The molecule has 23 heavy (non-hydrogen) atoms. The number of hydrogen-bond acceptors (Lipinski definition) is 3. The fourth-order valence-corrected chi connectivity index (χ4v) is 3.43. The Kier molecular flexibility index (Phi) is 7.69. The molecule has 0 aromatic rings. The van der Waals surface area contributed by atoms with Crippen LogP contribution in [0.25, 0.3) is 0 Å². The lowest BCUT2D eigenvalue weighted by molar-refractivity contribution is -0.145. The van der Waals surface area contributed by atoms with Gasteiger partial charge >= 0.3 is 5.97 Å². The third kappa shape index (κ3) is 6.17. The molecule has 0 aliphatic rings. The molecule has 11 heteroatoms. The molecule has 0 saturated carbocycles. The van der Waals surface area contributed by atoms with E-state index in [2.05, 4.69) is 14.8 Å². The largest absolute Gasteiger partial charge is 0.480 e. The Hall–Kier alpha value is -1.64. The first-order chi connectivity index (χ1) is 10.4. The molecule has 0 radical (unpaired) electrons. The van der Waals surface area contributed by atoms with Crippen LogP contribution >= 0.6 is 7.44 Å². The van der Waals surface area contributed by atoms with E-state index in [0.717, 1.165) is 0 Å². The second-order valence-corrected chi connectivity index (χ2v) is 7.80. The average Bonchev–Trinajstić information content (AvgIpc) is 2.37. The lowest BCUT2D eigenvalue weighted by atomic mass is 9.90. The van der Waals surface area contributed by atoms with Gasteiger partial charge in [-0.1, -0.05) is 13.8 Å². The number of nitrogens with two attached hydrogens (primary N) is 2. The molecule has 0 aliphatic heterocycles. The minimum absolute atomic E-state index is 0.0695. The van der Waals surface area contributed by atoms with Crippen LogP contribution in [0.15, 0.2) is 9.76 Å². The average molecular weight is 350 g/mol. The van der Waals surface area contributed by atoms with Crippen LogP contribution in [0.4, 0.5) is 0 Å². The van der Waals surface area contributed by atoms with Crippen molar-refractivity contribution in [3.63, 3.8) is 0 Å². The van der Waals surface area contributed by atoms with Crippen LogP contribution in [0.5, 0.6) is 0 Å². The van der Waals surface area contributed by atoms with Crippen molar-refractivity contribution in [3.05, 3.63) is 0 Å². The predicted molar refractivity (Wildman–Crippen MR) is 90.4 cm³/mol. The number of guanidine groups is 2. The maximum absolute atomic E-state index is 12.9. The van der Waals surface area contributed by atoms with Crippen LogP contribution in [-0.2, 0) is 14.1 Å². The molecule has 0 rings (SSSR count). The third-order valence-electron chi connectivity index (χ3n) is 3.26. The Balaban J connectivity index is 5.72. The minimum atomic E-state index is -3.66. The normalized spacial score (nSPS) is 18.4. The molecule has 0 heterocycles. The van der Waals surface area contributed by atoms with Gasteiger partial charge in [0, 0.05) is 21.2 Å². The molecule has 2 unspecified atom stereocenters. The Labute approximate surface area is 136 Å². The summed E-state index contributed by atoms with van der Waals surface area (Å²) in [5, 5.41) is 12.0. The van der Waals surface area contributed by atoms with Crippen LogP contribution in [0.2, 0.25) is 0 Å². The molecule has 0 amide bonds.